The van der Waals surface area contributed by atoms with E-state index in [1.54, 1.807) is 57.7 Å². The fourth-order valence-corrected chi connectivity index (χ4v) is 4.23. The van der Waals surface area contributed by atoms with Crippen molar-refractivity contribution in [1.82, 2.24) is 0 Å². The van der Waals surface area contributed by atoms with Crippen LogP contribution in [-0.4, -0.2) is 40.3 Å². The lowest BCUT2D eigenvalue weighted by Crippen LogP contribution is -2.09. The predicted molar refractivity (Wildman–Crippen MR) is 138 cm³/mol. The van der Waals surface area contributed by atoms with Gasteiger partial charge < -0.3 is 28.4 Å². The summed E-state index contributed by atoms with van der Waals surface area (Å²) in [6.45, 7) is 1.97. The van der Waals surface area contributed by atoms with Gasteiger partial charge in [-0.25, -0.2) is 9.79 Å². The molecule has 37 heavy (non-hydrogen) atoms. The first-order valence-corrected chi connectivity index (χ1v) is 11.5. The topological polar surface area (TPSA) is 84.8 Å². The van der Waals surface area contributed by atoms with E-state index in [0.29, 0.717) is 51.2 Å². The molecule has 5 rings (SSSR count). The molecular formula is C29H25NO7. The van der Waals surface area contributed by atoms with Crippen LogP contribution in [0.1, 0.15) is 22.3 Å². The molecule has 0 aromatic heterocycles. The van der Waals surface area contributed by atoms with Crippen LogP contribution in [0.5, 0.6) is 28.7 Å². The second kappa shape index (κ2) is 9.73. The Labute approximate surface area is 214 Å². The Morgan fingerprint density at radius 2 is 1.54 bits per heavy atom. The summed E-state index contributed by atoms with van der Waals surface area (Å²) in [5, 5.41) is 0. The van der Waals surface area contributed by atoms with Crippen molar-refractivity contribution in [3.05, 3.63) is 88.6 Å². The number of hydrogen-bond donors (Lipinski definition) is 0. The van der Waals surface area contributed by atoms with Crippen molar-refractivity contribution in [3.63, 3.8) is 0 Å². The second-order valence-corrected chi connectivity index (χ2v) is 8.32. The van der Waals surface area contributed by atoms with Crippen LogP contribution in [-0.2, 0) is 9.53 Å². The molecule has 0 saturated carbocycles. The Morgan fingerprint density at radius 3 is 2.19 bits per heavy atom. The summed E-state index contributed by atoms with van der Waals surface area (Å²) in [5.74, 6) is 2.69. The molecule has 2 aliphatic heterocycles. The van der Waals surface area contributed by atoms with Crippen LogP contribution in [0.4, 0.5) is 0 Å². The number of ether oxygens (including phenoxy) is 6. The fraction of sp³-hybridized carbons (Fsp3) is 0.172. The Morgan fingerprint density at radius 1 is 0.784 bits per heavy atom. The molecule has 0 radical (unpaired) electrons. The van der Waals surface area contributed by atoms with E-state index in [9.17, 15) is 4.79 Å². The number of aliphatic imine (C=N–C) groups is 1. The third-order valence-corrected chi connectivity index (χ3v) is 6.04. The molecule has 0 bridgehead atoms. The molecule has 0 saturated heterocycles. The number of esters is 1. The van der Waals surface area contributed by atoms with Gasteiger partial charge in [-0.2, -0.15) is 0 Å². The Bertz CT molecular complexity index is 1470. The molecule has 0 fully saturated rings. The van der Waals surface area contributed by atoms with E-state index in [2.05, 4.69) is 4.99 Å². The number of hydrogen-bond acceptors (Lipinski definition) is 8. The summed E-state index contributed by atoms with van der Waals surface area (Å²) in [6.07, 6.45) is 1.75. The van der Waals surface area contributed by atoms with Crippen molar-refractivity contribution < 1.29 is 33.2 Å². The number of carbonyl (C=O) groups is 1. The molecule has 188 valence electrons. The maximum absolute atomic E-state index is 13.1. The van der Waals surface area contributed by atoms with Gasteiger partial charge in [0.2, 0.25) is 11.6 Å². The average Bonchev–Trinajstić information content (AvgIpc) is 3.32. The maximum atomic E-state index is 13.1. The molecule has 2 heterocycles. The Kier molecular flexibility index (Phi) is 6.31. The van der Waals surface area contributed by atoms with Crippen LogP contribution in [0.15, 0.2) is 71.4 Å². The highest BCUT2D eigenvalue weighted by Gasteiger charge is 2.31. The molecule has 8 nitrogen and oxygen atoms in total. The van der Waals surface area contributed by atoms with Crippen molar-refractivity contribution in [2.45, 2.75) is 6.92 Å². The maximum Gasteiger partial charge on any atom is 0.364 e. The molecular weight excluding hydrogens is 474 g/mol. The Balaban J connectivity index is 1.71. The molecule has 3 aromatic carbocycles. The lowest BCUT2D eigenvalue weighted by atomic mass is 9.97. The first-order valence-electron chi connectivity index (χ1n) is 11.5. The number of allylic oxidation sites excluding steroid dienone is 2. The SMILES string of the molecule is COc1ccc2c(c1)C(=C1N=C(c3cccc(C)c3)OC1=O)C=C(c1cc(OC)c(OC)c(OC)c1)O2. The van der Waals surface area contributed by atoms with Gasteiger partial charge in [-0.3, -0.25) is 0 Å². The van der Waals surface area contributed by atoms with E-state index in [-0.39, 0.29) is 11.6 Å². The van der Waals surface area contributed by atoms with Gasteiger partial charge in [-0.05, 0) is 55.5 Å². The number of benzene rings is 3. The molecule has 3 aromatic rings. The van der Waals surface area contributed by atoms with Gasteiger partial charge >= 0.3 is 5.97 Å². The summed E-state index contributed by atoms with van der Waals surface area (Å²) in [7, 11) is 6.20. The quantitative estimate of drug-likeness (QED) is 0.341. The van der Waals surface area contributed by atoms with Crippen LogP contribution >= 0.6 is 0 Å². The third kappa shape index (κ3) is 4.38. The average molecular weight is 500 g/mol. The molecule has 0 spiro atoms. The van der Waals surface area contributed by atoms with Crippen molar-refractivity contribution in [2.24, 2.45) is 4.99 Å². The predicted octanol–water partition coefficient (Wildman–Crippen LogP) is 5.18. The molecule has 0 unspecified atom stereocenters. The van der Waals surface area contributed by atoms with Gasteiger partial charge in [0.25, 0.3) is 0 Å². The highest BCUT2D eigenvalue weighted by molar-refractivity contribution is 6.16. The van der Waals surface area contributed by atoms with E-state index in [1.165, 1.54) is 7.11 Å². The highest BCUT2D eigenvalue weighted by atomic mass is 16.6. The van der Waals surface area contributed by atoms with Crippen molar-refractivity contribution in [1.29, 1.82) is 0 Å². The number of carbonyl (C=O) groups excluding carboxylic acids is 1. The summed E-state index contributed by atoms with van der Waals surface area (Å²) in [4.78, 5) is 17.7. The van der Waals surface area contributed by atoms with Crippen LogP contribution < -0.4 is 23.7 Å². The highest BCUT2D eigenvalue weighted by Crippen LogP contribution is 2.45. The molecule has 0 N–H and O–H groups in total. The molecule has 0 amide bonds. The van der Waals surface area contributed by atoms with Crippen LogP contribution in [0.3, 0.4) is 0 Å². The first kappa shape index (κ1) is 24.0. The number of cyclic esters (lactones) is 1. The zero-order valence-corrected chi connectivity index (χ0v) is 21.1. The lowest BCUT2D eigenvalue weighted by Gasteiger charge is -2.22. The van der Waals surface area contributed by atoms with Gasteiger partial charge in [0.1, 0.15) is 17.3 Å². The van der Waals surface area contributed by atoms with Crippen molar-refractivity contribution in [2.75, 3.05) is 28.4 Å². The summed E-state index contributed by atoms with van der Waals surface area (Å²) in [5.41, 5.74) is 3.76. The second-order valence-electron chi connectivity index (χ2n) is 8.32. The van der Waals surface area contributed by atoms with Gasteiger partial charge in [-0.15, -0.1) is 0 Å². The summed E-state index contributed by atoms with van der Waals surface area (Å²) >= 11 is 0. The molecule has 0 aliphatic carbocycles. The third-order valence-electron chi connectivity index (χ3n) is 6.04. The van der Waals surface area contributed by atoms with Crippen molar-refractivity contribution >= 4 is 23.2 Å². The van der Waals surface area contributed by atoms with Gasteiger partial charge in [0.15, 0.2) is 17.2 Å². The monoisotopic (exact) mass is 499 g/mol. The molecule has 8 heteroatoms. The number of aryl methyl sites for hydroxylation is 1. The van der Waals surface area contributed by atoms with Crippen molar-refractivity contribution in [3.8, 4) is 28.7 Å². The van der Waals surface area contributed by atoms with E-state index >= 15 is 0 Å². The van der Waals surface area contributed by atoms with E-state index in [0.717, 1.165) is 11.1 Å². The number of nitrogens with zero attached hydrogens (tertiary/aromatic N) is 1. The van der Waals surface area contributed by atoms with E-state index in [4.69, 9.17) is 28.4 Å². The minimum atomic E-state index is -0.553. The zero-order chi connectivity index (χ0) is 26.1. The first-order chi connectivity index (χ1) is 17.9. The van der Waals surface area contributed by atoms with Crippen LogP contribution in [0, 0.1) is 6.92 Å². The summed E-state index contributed by atoms with van der Waals surface area (Å²) < 4.78 is 33.7. The largest absolute Gasteiger partial charge is 0.497 e. The van der Waals surface area contributed by atoms with E-state index in [1.807, 2.05) is 31.2 Å². The van der Waals surface area contributed by atoms with Crippen LogP contribution in [0.25, 0.3) is 11.3 Å². The van der Waals surface area contributed by atoms with E-state index < -0.39 is 5.97 Å². The van der Waals surface area contributed by atoms with Gasteiger partial charge in [-0.1, -0.05) is 17.7 Å². The normalized spacial score (nSPS) is 16.2. The minimum Gasteiger partial charge on any atom is -0.497 e. The molecule has 2 aliphatic rings. The fourth-order valence-electron chi connectivity index (χ4n) is 4.23. The standard InChI is InChI=1S/C29H25NO7/c1-16-7-6-8-17(11-16)28-30-26(29(31)37-28)21-15-23(36-22-10-9-19(32-2)14-20(21)22)18-12-24(33-3)27(35-5)25(13-18)34-4/h6-15H,1-5H3. The zero-order valence-electron chi connectivity index (χ0n) is 21.1. The number of methoxy groups -OCH3 is 4. The smallest absolute Gasteiger partial charge is 0.364 e. The van der Waals surface area contributed by atoms with Crippen LogP contribution in [0.2, 0.25) is 0 Å². The number of fused-ring (bicyclic) bond motifs is 1. The van der Waals surface area contributed by atoms with Gasteiger partial charge in [0.05, 0.1) is 28.4 Å². The lowest BCUT2D eigenvalue weighted by molar-refractivity contribution is -0.129. The summed E-state index contributed by atoms with van der Waals surface area (Å²) in [6, 6.07) is 16.5. The minimum absolute atomic E-state index is 0.166. The Hall–Kier alpha value is -4.72. The number of rotatable bonds is 6. The molecule has 0 atom stereocenters. The van der Waals surface area contributed by atoms with Gasteiger partial charge in [0, 0.05) is 22.3 Å².